The minimum Gasteiger partial charge on any atom is -0.520 e. The van der Waals surface area contributed by atoms with Crippen molar-refractivity contribution < 1.29 is 14.0 Å². The fourth-order valence-corrected chi connectivity index (χ4v) is 4.19. The van der Waals surface area contributed by atoms with Crippen molar-refractivity contribution >= 4 is 7.12 Å². The van der Waals surface area contributed by atoms with Gasteiger partial charge in [-0.2, -0.15) is 0 Å². The van der Waals surface area contributed by atoms with Crippen LogP contribution in [0.4, 0.5) is 0 Å². The maximum absolute atomic E-state index is 5.90. The first-order valence-corrected chi connectivity index (χ1v) is 11.0. The Kier molecular flexibility index (Phi) is 6.48. The second-order valence-electron chi connectivity index (χ2n) is 8.50. The molecule has 152 valence electrons. The van der Waals surface area contributed by atoms with Crippen LogP contribution in [0.25, 0.3) is 0 Å². The summed E-state index contributed by atoms with van der Waals surface area (Å²) in [6.07, 6.45) is 9.40. The van der Waals surface area contributed by atoms with Gasteiger partial charge in [0.25, 0.3) is 0 Å². The molecular formula is C25H31BO3. The molecule has 29 heavy (non-hydrogen) atoms. The second kappa shape index (κ2) is 9.43. The molecule has 0 atom stereocenters. The Morgan fingerprint density at radius 3 is 2.55 bits per heavy atom. The smallest absolute Gasteiger partial charge is 0.520 e. The molecule has 0 N–H and O–H groups in total. The van der Waals surface area contributed by atoms with E-state index in [-0.39, 0.29) is 7.12 Å². The highest BCUT2D eigenvalue weighted by atomic mass is 16.6. The molecule has 1 saturated carbocycles. The highest BCUT2D eigenvalue weighted by molar-refractivity contribution is 6.53. The van der Waals surface area contributed by atoms with Crippen LogP contribution in [0, 0.1) is 12.8 Å². The van der Waals surface area contributed by atoms with E-state index >= 15 is 0 Å². The van der Waals surface area contributed by atoms with Crippen LogP contribution in [-0.4, -0.2) is 13.7 Å². The van der Waals surface area contributed by atoms with Crippen LogP contribution in [-0.2, 0) is 0 Å². The predicted molar refractivity (Wildman–Crippen MR) is 119 cm³/mol. The standard InChI is InChI=1S/C25H31BO3/c1-19-6-9-21(10-7-19)22-11-13-23(14-12-22)27-17-5-3-4-16-26-28-24-15-8-20(2)18-25(24)29-26/h4,8,11-16,18-19,21H,3,5-7,9-10,17H2,1-2H3/b16-4+. The molecule has 0 aromatic heterocycles. The monoisotopic (exact) mass is 390 g/mol. The molecule has 0 amide bonds. The molecule has 2 aliphatic rings. The van der Waals surface area contributed by atoms with Crippen molar-refractivity contribution in [2.45, 2.75) is 58.3 Å². The van der Waals surface area contributed by atoms with Gasteiger partial charge in [0.1, 0.15) is 17.2 Å². The first kappa shape index (κ1) is 19.9. The van der Waals surface area contributed by atoms with Gasteiger partial charge in [-0.25, -0.2) is 0 Å². The van der Waals surface area contributed by atoms with Gasteiger partial charge in [-0.05, 0) is 85.8 Å². The molecule has 4 rings (SSSR count). The molecule has 1 aliphatic heterocycles. The van der Waals surface area contributed by atoms with Gasteiger partial charge in [0.15, 0.2) is 0 Å². The molecule has 0 spiro atoms. The number of fused-ring (bicyclic) bond motifs is 1. The lowest BCUT2D eigenvalue weighted by Gasteiger charge is -2.26. The summed E-state index contributed by atoms with van der Waals surface area (Å²) in [5.41, 5.74) is 2.65. The summed E-state index contributed by atoms with van der Waals surface area (Å²) >= 11 is 0. The number of hydrogen-bond acceptors (Lipinski definition) is 3. The minimum absolute atomic E-state index is 0.317. The van der Waals surface area contributed by atoms with Crippen LogP contribution >= 0.6 is 0 Å². The third kappa shape index (κ3) is 5.38. The molecule has 1 aliphatic carbocycles. The SMILES string of the molecule is Cc1ccc2c(c1)OB(/C=C/CCCOc1ccc(C3CCC(C)CC3)cc1)O2. The number of unbranched alkanes of at least 4 members (excludes halogenated alkanes) is 1. The molecule has 0 radical (unpaired) electrons. The Balaban J connectivity index is 1.14. The van der Waals surface area contributed by atoms with Gasteiger partial charge < -0.3 is 14.0 Å². The predicted octanol–water partition coefficient (Wildman–Crippen LogP) is 6.50. The van der Waals surface area contributed by atoms with E-state index in [1.807, 2.05) is 24.2 Å². The summed E-state index contributed by atoms with van der Waals surface area (Å²) in [6.45, 7) is 5.14. The molecule has 0 bridgehead atoms. The quantitative estimate of drug-likeness (QED) is 0.399. The summed E-state index contributed by atoms with van der Waals surface area (Å²) in [7, 11) is -0.317. The summed E-state index contributed by atoms with van der Waals surface area (Å²) in [6, 6.07) is 14.8. The Labute approximate surface area is 175 Å². The summed E-state index contributed by atoms with van der Waals surface area (Å²) < 4.78 is 17.5. The van der Waals surface area contributed by atoms with Crippen molar-refractivity contribution in [2.75, 3.05) is 6.61 Å². The van der Waals surface area contributed by atoms with E-state index in [1.165, 1.54) is 36.8 Å². The molecule has 2 aromatic rings. The molecule has 3 nitrogen and oxygen atoms in total. The Hall–Kier alpha value is -2.36. The average molecular weight is 390 g/mol. The third-order valence-electron chi connectivity index (χ3n) is 6.03. The van der Waals surface area contributed by atoms with E-state index in [0.717, 1.165) is 48.5 Å². The molecule has 0 saturated heterocycles. The number of benzene rings is 2. The van der Waals surface area contributed by atoms with E-state index in [9.17, 15) is 0 Å². The molecule has 2 aromatic carbocycles. The normalized spacial score (nSPS) is 21.0. The van der Waals surface area contributed by atoms with Crippen molar-refractivity contribution in [1.29, 1.82) is 0 Å². The van der Waals surface area contributed by atoms with Gasteiger partial charge in [-0.1, -0.05) is 44.0 Å². The summed E-state index contributed by atoms with van der Waals surface area (Å²) in [5, 5.41) is 0. The van der Waals surface area contributed by atoms with Crippen LogP contribution in [0.3, 0.4) is 0 Å². The van der Waals surface area contributed by atoms with Crippen molar-refractivity contribution in [1.82, 2.24) is 0 Å². The first-order valence-electron chi connectivity index (χ1n) is 11.0. The van der Waals surface area contributed by atoms with Crippen molar-refractivity contribution in [3.8, 4) is 17.2 Å². The minimum atomic E-state index is -0.317. The summed E-state index contributed by atoms with van der Waals surface area (Å²) in [4.78, 5) is 0. The van der Waals surface area contributed by atoms with Crippen molar-refractivity contribution in [3.05, 3.63) is 65.6 Å². The second-order valence-corrected chi connectivity index (χ2v) is 8.50. The zero-order valence-corrected chi connectivity index (χ0v) is 17.6. The Bertz CT molecular complexity index is 822. The number of ether oxygens (including phenoxy) is 1. The van der Waals surface area contributed by atoms with Crippen LogP contribution < -0.4 is 14.0 Å². The average Bonchev–Trinajstić information content (AvgIpc) is 3.13. The fraction of sp³-hybridized carbons (Fsp3) is 0.440. The molecule has 4 heteroatoms. The number of aryl methyl sites for hydroxylation is 1. The van der Waals surface area contributed by atoms with E-state index in [1.54, 1.807) is 0 Å². The number of hydrogen-bond donors (Lipinski definition) is 0. The molecule has 1 fully saturated rings. The van der Waals surface area contributed by atoms with E-state index in [4.69, 9.17) is 14.0 Å². The first-order chi connectivity index (χ1) is 14.2. The molecule has 0 unspecified atom stereocenters. The number of allylic oxidation sites excluding steroid dienone is 1. The van der Waals surface area contributed by atoms with E-state index in [2.05, 4.69) is 44.2 Å². The highest BCUT2D eigenvalue weighted by Crippen LogP contribution is 2.36. The van der Waals surface area contributed by atoms with Crippen LogP contribution in [0.1, 0.15) is 62.5 Å². The maximum atomic E-state index is 5.90. The third-order valence-corrected chi connectivity index (χ3v) is 6.03. The van der Waals surface area contributed by atoms with Gasteiger partial charge >= 0.3 is 7.12 Å². The van der Waals surface area contributed by atoms with Crippen LogP contribution in [0.5, 0.6) is 17.2 Å². The zero-order valence-electron chi connectivity index (χ0n) is 17.6. The van der Waals surface area contributed by atoms with E-state index < -0.39 is 0 Å². The maximum Gasteiger partial charge on any atom is 0.624 e. The highest BCUT2D eigenvalue weighted by Gasteiger charge is 2.28. The largest absolute Gasteiger partial charge is 0.624 e. The fourth-order valence-electron chi connectivity index (χ4n) is 4.19. The van der Waals surface area contributed by atoms with Crippen LogP contribution in [0.2, 0.25) is 0 Å². The summed E-state index contributed by atoms with van der Waals surface area (Å²) in [5.74, 6) is 6.23. The topological polar surface area (TPSA) is 27.7 Å². The Morgan fingerprint density at radius 2 is 1.76 bits per heavy atom. The lowest BCUT2D eigenvalue weighted by molar-refractivity contribution is 0.311. The lowest BCUT2D eigenvalue weighted by atomic mass is 9.79. The van der Waals surface area contributed by atoms with E-state index in [0.29, 0.717) is 0 Å². The molecule has 1 heterocycles. The van der Waals surface area contributed by atoms with Gasteiger partial charge in [-0.3, -0.25) is 0 Å². The zero-order chi connectivity index (χ0) is 20.1. The van der Waals surface area contributed by atoms with Gasteiger partial charge in [-0.15, -0.1) is 0 Å². The lowest BCUT2D eigenvalue weighted by Crippen LogP contribution is -2.21. The molecular weight excluding hydrogens is 359 g/mol. The van der Waals surface area contributed by atoms with Gasteiger partial charge in [0, 0.05) is 0 Å². The van der Waals surface area contributed by atoms with Gasteiger partial charge in [0.2, 0.25) is 0 Å². The number of rotatable bonds is 7. The Morgan fingerprint density at radius 1 is 1.00 bits per heavy atom. The van der Waals surface area contributed by atoms with Crippen molar-refractivity contribution in [2.24, 2.45) is 5.92 Å². The van der Waals surface area contributed by atoms with Crippen LogP contribution in [0.15, 0.2) is 54.5 Å². The van der Waals surface area contributed by atoms with Gasteiger partial charge in [0.05, 0.1) is 6.61 Å². The van der Waals surface area contributed by atoms with Crippen molar-refractivity contribution in [3.63, 3.8) is 0 Å².